The Morgan fingerprint density at radius 2 is 1.70 bits per heavy atom. The highest BCUT2D eigenvalue weighted by atomic mass is 19.1. The Hall–Kier alpha value is -3.76. The third-order valence-electron chi connectivity index (χ3n) is 6.76. The number of allylic oxidation sites excluding steroid dienone is 2. The fraction of sp³-hybridized carbons (Fsp3) is 0.242. The summed E-state index contributed by atoms with van der Waals surface area (Å²) in [4.78, 5) is 3.82. The molecule has 0 atom stereocenters. The number of likely N-dealkylation sites (N-methyl/N-ethyl adjacent to an activating group) is 1. The molecule has 0 bridgehead atoms. The van der Waals surface area contributed by atoms with Crippen molar-refractivity contribution in [3.63, 3.8) is 0 Å². The Labute approximate surface area is 220 Å². The molecule has 0 aromatic heterocycles. The molecular weight excluding hydrogens is 457 g/mol. The van der Waals surface area contributed by atoms with Crippen LogP contribution >= 0.6 is 0 Å². The number of aryl methyl sites for hydroxylation is 1. The van der Waals surface area contributed by atoms with Crippen LogP contribution in [0.15, 0.2) is 102 Å². The second kappa shape index (κ2) is 12.5. The fourth-order valence-electron chi connectivity index (χ4n) is 4.55. The van der Waals surface area contributed by atoms with Gasteiger partial charge in [-0.15, -0.1) is 0 Å². The molecule has 0 aliphatic heterocycles. The van der Waals surface area contributed by atoms with Crippen molar-refractivity contribution in [2.24, 2.45) is 10.9 Å². The monoisotopic (exact) mass is 493 g/mol. The molecule has 2 N–H and O–H groups in total. The summed E-state index contributed by atoms with van der Waals surface area (Å²) in [7, 11) is 3.36. The van der Waals surface area contributed by atoms with Gasteiger partial charge in [-0.3, -0.25) is 4.99 Å². The van der Waals surface area contributed by atoms with Crippen LogP contribution in [0.25, 0.3) is 11.1 Å². The zero-order chi connectivity index (χ0) is 26.2. The Balaban J connectivity index is 1.72. The van der Waals surface area contributed by atoms with E-state index in [1.54, 1.807) is 0 Å². The van der Waals surface area contributed by atoms with E-state index in [0.29, 0.717) is 11.5 Å². The summed E-state index contributed by atoms with van der Waals surface area (Å²) in [5.74, 6) is 0.0764. The second-order valence-electron chi connectivity index (χ2n) is 9.48. The molecule has 1 aliphatic rings. The van der Waals surface area contributed by atoms with Gasteiger partial charge in [0.1, 0.15) is 0 Å². The molecule has 0 spiro atoms. The molecule has 4 heteroatoms. The van der Waals surface area contributed by atoms with Crippen molar-refractivity contribution in [1.29, 1.82) is 0 Å². The quantitative estimate of drug-likeness (QED) is 0.129. The molecule has 37 heavy (non-hydrogen) atoms. The van der Waals surface area contributed by atoms with Crippen LogP contribution in [0.4, 0.5) is 4.39 Å². The van der Waals surface area contributed by atoms with Crippen LogP contribution in [0, 0.1) is 12.8 Å². The minimum Gasteiger partial charge on any atom is -0.389 e. The molecule has 3 aromatic carbocycles. The van der Waals surface area contributed by atoms with Crippen LogP contribution in [-0.4, -0.2) is 26.6 Å². The van der Waals surface area contributed by atoms with Crippen molar-refractivity contribution in [3.05, 3.63) is 131 Å². The summed E-state index contributed by atoms with van der Waals surface area (Å²) in [6.07, 6.45) is 6.38. The van der Waals surface area contributed by atoms with Gasteiger partial charge in [0.05, 0.1) is 0 Å². The average molecular weight is 494 g/mol. The second-order valence-corrected chi connectivity index (χ2v) is 9.48. The van der Waals surface area contributed by atoms with Crippen molar-refractivity contribution in [1.82, 2.24) is 10.6 Å². The summed E-state index contributed by atoms with van der Waals surface area (Å²) >= 11 is 0. The van der Waals surface area contributed by atoms with E-state index in [1.165, 1.54) is 42.2 Å². The van der Waals surface area contributed by atoms with E-state index in [2.05, 4.69) is 88.9 Å². The summed E-state index contributed by atoms with van der Waals surface area (Å²) in [6.45, 7) is 7.37. The van der Waals surface area contributed by atoms with E-state index >= 15 is 0 Å². The highest BCUT2D eigenvalue weighted by molar-refractivity contribution is 6.02. The predicted molar refractivity (Wildman–Crippen MR) is 155 cm³/mol. The Morgan fingerprint density at radius 1 is 1.00 bits per heavy atom. The van der Waals surface area contributed by atoms with Crippen molar-refractivity contribution in [3.8, 4) is 0 Å². The molecular formula is C33H36FN3. The van der Waals surface area contributed by atoms with Gasteiger partial charge < -0.3 is 10.6 Å². The minimum atomic E-state index is -0.430. The number of nitrogens with zero attached hydrogens (tertiary/aromatic N) is 1. The SMILES string of the molecule is C=C(/C=C/CNCc1ccc(/C(=C(\c2ccccc2)C2CC2)c2ccc(C)c(/C(F)=N\C)c2)cc1)NC. The molecule has 1 saturated carbocycles. The van der Waals surface area contributed by atoms with Crippen molar-refractivity contribution < 1.29 is 4.39 Å². The van der Waals surface area contributed by atoms with Crippen LogP contribution in [-0.2, 0) is 6.54 Å². The lowest BCUT2D eigenvalue weighted by Crippen LogP contribution is -2.13. The summed E-state index contributed by atoms with van der Waals surface area (Å²) < 4.78 is 14.7. The van der Waals surface area contributed by atoms with Gasteiger partial charge in [0.2, 0.25) is 5.97 Å². The van der Waals surface area contributed by atoms with Crippen molar-refractivity contribution >= 4 is 17.1 Å². The summed E-state index contributed by atoms with van der Waals surface area (Å²) in [6, 6.07) is 25.4. The minimum absolute atomic E-state index is 0.430. The Morgan fingerprint density at radius 3 is 2.35 bits per heavy atom. The van der Waals surface area contributed by atoms with Crippen LogP contribution in [0.3, 0.4) is 0 Å². The molecule has 0 radical (unpaired) electrons. The molecule has 0 saturated heterocycles. The van der Waals surface area contributed by atoms with Gasteiger partial charge in [0, 0.05) is 38.4 Å². The zero-order valence-corrected chi connectivity index (χ0v) is 22.0. The largest absolute Gasteiger partial charge is 0.389 e. The Kier molecular flexibility index (Phi) is 8.86. The normalized spacial score (nSPS) is 14.5. The molecule has 4 rings (SSSR count). The van der Waals surface area contributed by atoms with E-state index in [1.807, 2.05) is 32.2 Å². The fourth-order valence-corrected chi connectivity index (χ4v) is 4.55. The molecule has 0 amide bonds. The summed E-state index contributed by atoms with van der Waals surface area (Å²) in [5.41, 5.74) is 9.44. The van der Waals surface area contributed by atoms with E-state index < -0.39 is 5.97 Å². The van der Waals surface area contributed by atoms with E-state index in [0.717, 1.165) is 35.5 Å². The first-order valence-electron chi connectivity index (χ1n) is 12.9. The molecule has 1 fully saturated rings. The zero-order valence-electron chi connectivity index (χ0n) is 22.0. The predicted octanol–water partition coefficient (Wildman–Crippen LogP) is 7.09. The third kappa shape index (κ3) is 6.72. The van der Waals surface area contributed by atoms with E-state index in [-0.39, 0.29) is 0 Å². The van der Waals surface area contributed by atoms with Crippen LogP contribution in [0.1, 0.15) is 46.2 Å². The van der Waals surface area contributed by atoms with Crippen LogP contribution in [0.5, 0.6) is 0 Å². The number of benzene rings is 3. The Bertz CT molecular complexity index is 1310. The van der Waals surface area contributed by atoms with Gasteiger partial charge in [-0.25, -0.2) is 0 Å². The van der Waals surface area contributed by atoms with Crippen molar-refractivity contribution in [2.45, 2.75) is 26.3 Å². The summed E-state index contributed by atoms with van der Waals surface area (Å²) in [5, 5.41) is 6.46. The van der Waals surface area contributed by atoms with E-state index in [9.17, 15) is 4.39 Å². The number of hydrogen-bond acceptors (Lipinski definition) is 3. The smallest absolute Gasteiger partial charge is 0.215 e. The van der Waals surface area contributed by atoms with Gasteiger partial charge >= 0.3 is 0 Å². The van der Waals surface area contributed by atoms with Crippen LogP contribution < -0.4 is 10.6 Å². The lowest BCUT2D eigenvalue weighted by Gasteiger charge is -2.19. The van der Waals surface area contributed by atoms with E-state index in [4.69, 9.17) is 0 Å². The first kappa shape index (κ1) is 26.3. The standard InChI is InChI=1S/C33H36FN3/c1-23-12-15-29(21-30(23)33(34)36-4)32(31(28-18-19-28)26-10-6-5-7-11-26)27-16-13-25(14-17-27)22-37-20-8-9-24(2)35-3/h5-17,21,28,35,37H,2,18-20,22H2,1,3-4H3/b9-8+,32-31-,36-33+. The van der Waals surface area contributed by atoms with Crippen molar-refractivity contribution in [2.75, 3.05) is 20.6 Å². The first-order valence-corrected chi connectivity index (χ1v) is 12.9. The highest BCUT2D eigenvalue weighted by Crippen LogP contribution is 2.47. The third-order valence-corrected chi connectivity index (χ3v) is 6.76. The van der Waals surface area contributed by atoms with Gasteiger partial charge in [0.15, 0.2) is 0 Å². The average Bonchev–Trinajstić information content (AvgIpc) is 3.77. The maximum absolute atomic E-state index is 14.7. The molecule has 0 unspecified atom stereocenters. The maximum Gasteiger partial charge on any atom is 0.215 e. The molecule has 0 heterocycles. The van der Waals surface area contributed by atoms with Gasteiger partial charge in [0.25, 0.3) is 0 Å². The number of hydrogen-bond donors (Lipinski definition) is 2. The maximum atomic E-state index is 14.7. The van der Waals surface area contributed by atoms with Gasteiger partial charge in [-0.05, 0) is 76.8 Å². The highest BCUT2D eigenvalue weighted by Gasteiger charge is 2.30. The van der Waals surface area contributed by atoms with Gasteiger partial charge in [-0.2, -0.15) is 4.39 Å². The van der Waals surface area contributed by atoms with Crippen LogP contribution in [0.2, 0.25) is 0 Å². The number of halogens is 1. The topological polar surface area (TPSA) is 36.4 Å². The number of aliphatic imine (C=N–C) groups is 1. The molecule has 190 valence electrons. The lowest BCUT2D eigenvalue weighted by atomic mass is 9.85. The molecule has 1 aliphatic carbocycles. The number of rotatable bonds is 11. The number of nitrogens with one attached hydrogen (secondary N) is 2. The lowest BCUT2D eigenvalue weighted by molar-refractivity contribution is 0.759. The molecule has 3 nitrogen and oxygen atoms in total. The van der Waals surface area contributed by atoms with Gasteiger partial charge in [-0.1, -0.05) is 79.4 Å². The molecule has 3 aromatic rings. The first-order chi connectivity index (χ1) is 18.0.